The summed E-state index contributed by atoms with van der Waals surface area (Å²) in [4.78, 5) is 3.98. The van der Waals surface area contributed by atoms with E-state index in [1.54, 1.807) is 11.0 Å². The predicted octanol–water partition coefficient (Wildman–Crippen LogP) is 2.76. The third-order valence-corrected chi connectivity index (χ3v) is 3.63. The molecule has 0 amide bonds. The molecule has 1 aromatic heterocycles. The van der Waals surface area contributed by atoms with Gasteiger partial charge >= 0.3 is 0 Å². The Morgan fingerprint density at radius 2 is 2.14 bits per heavy atom. The van der Waals surface area contributed by atoms with Crippen LogP contribution in [-0.4, -0.2) is 38.2 Å². The van der Waals surface area contributed by atoms with Crippen molar-refractivity contribution in [3.63, 3.8) is 0 Å². The maximum atomic E-state index is 10.8. The van der Waals surface area contributed by atoms with Crippen LogP contribution in [0.1, 0.15) is 31.9 Å². The van der Waals surface area contributed by atoms with E-state index >= 15 is 0 Å². The lowest BCUT2D eigenvalue weighted by atomic mass is 9.96. The van der Waals surface area contributed by atoms with Gasteiger partial charge in [-0.1, -0.05) is 24.3 Å². The highest BCUT2D eigenvalue weighted by Gasteiger charge is 2.32. The lowest BCUT2D eigenvalue weighted by Crippen LogP contribution is -2.41. The van der Waals surface area contributed by atoms with Crippen LogP contribution in [0.25, 0.3) is 11.8 Å². The van der Waals surface area contributed by atoms with Gasteiger partial charge in [-0.2, -0.15) is 5.10 Å². The van der Waals surface area contributed by atoms with Crippen molar-refractivity contribution in [1.82, 2.24) is 14.8 Å². The Balaban J connectivity index is 2.47. The van der Waals surface area contributed by atoms with Crippen LogP contribution in [0.15, 0.2) is 36.9 Å². The maximum Gasteiger partial charge on any atom is 0.138 e. The topological polar surface area (TPSA) is 60.2 Å². The second kappa shape index (κ2) is 6.85. The highest BCUT2D eigenvalue weighted by Crippen LogP contribution is 2.26. The molecule has 0 aliphatic rings. The molecule has 1 aromatic carbocycles. The Morgan fingerprint density at radius 1 is 1.41 bits per heavy atom. The molecule has 5 heteroatoms. The standard InChI is InChI=1S/C17H23N3O2/c1-5-22-17(3,4)16(21)15(20-12-18-11-19-20)10-14-9-7-6-8-13(14)2/h6-12,16,21H,5H2,1-4H3. The SMILES string of the molecule is CCOC(C)(C)C(O)C(=Cc1ccccc1C)n1cncn1. The zero-order valence-corrected chi connectivity index (χ0v) is 13.5. The lowest BCUT2D eigenvalue weighted by molar-refractivity contribution is -0.0753. The molecular formula is C17H23N3O2. The quantitative estimate of drug-likeness (QED) is 0.891. The molecule has 0 aliphatic carbocycles. The molecule has 0 radical (unpaired) electrons. The molecule has 0 spiro atoms. The average Bonchev–Trinajstić information content (AvgIpc) is 2.99. The van der Waals surface area contributed by atoms with E-state index in [0.717, 1.165) is 11.1 Å². The van der Waals surface area contributed by atoms with Crippen LogP contribution in [-0.2, 0) is 4.74 Å². The second-order valence-corrected chi connectivity index (χ2v) is 5.70. The molecule has 1 unspecified atom stereocenters. The average molecular weight is 301 g/mol. The number of aliphatic hydroxyl groups excluding tert-OH is 1. The van der Waals surface area contributed by atoms with E-state index in [1.165, 1.54) is 6.33 Å². The molecule has 0 saturated heterocycles. The molecule has 22 heavy (non-hydrogen) atoms. The van der Waals surface area contributed by atoms with E-state index in [-0.39, 0.29) is 0 Å². The summed E-state index contributed by atoms with van der Waals surface area (Å²) >= 11 is 0. The highest BCUT2D eigenvalue weighted by atomic mass is 16.5. The minimum Gasteiger partial charge on any atom is -0.384 e. The summed E-state index contributed by atoms with van der Waals surface area (Å²) in [6, 6.07) is 8.00. The molecule has 2 rings (SSSR count). The normalized spacial score (nSPS) is 14.1. The third-order valence-electron chi connectivity index (χ3n) is 3.63. The first-order chi connectivity index (χ1) is 10.5. The summed E-state index contributed by atoms with van der Waals surface area (Å²) in [5.41, 5.74) is 2.06. The first-order valence-corrected chi connectivity index (χ1v) is 7.40. The van der Waals surface area contributed by atoms with E-state index < -0.39 is 11.7 Å². The smallest absolute Gasteiger partial charge is 0.138 e. The number of nitrogens with zero attached hydrogens (tertiary/aromatic N) is 3. The highest BCUT2D eigenvalue weighted by molar-refractivity contribution is 5.74. The van der Waals surface area contributed by atoms with Gasteiger partial charge in [-0.25, -0.2) is 9.67 Å². The van der Waals surface area contributed by atoms with Crippen LogP contribution in [0.2, 0.25) is 0 Å². The van der Waals surface area contributed by atoms with Crippen LogP contribution in [0.3, 0.4) is 0 Å². The number of hydrogen-bond acceptors (Lipinski definition) is 4. The minimum atomic E-state index is -0.839. The molecule has 1 heterocycles. The van der Waals surface area contributed by atoms with Crippen molar-refractivity contribution in [2.24, 2.45) is 0 Å². The van der Waals surface area contributed by atoms with Crippen molar-refractivity contribution in [2.45, 2.75) is 39.4 Å². The summed E-state index contributed by atoms with van der Waals surface area (Å²) in [5.74, 6) is 0. The Bertz CT molecular complexity index is 633. The van der Waals surface area contributed by atoms with Crippen molar-refractivity contribution >= 4 is 11.8 Å². The number of ether oxygens (including phenoxy) is 1. The van der Waals surface area contributed by atoms with Gasteiger partial charge in [0.15, 0.2) is 0 Å². The molecule has 0 fully saturated rings. The molecule has 5 nitrogen and oxygen atoms in total. The molecular weight excluding hydrogens is 278 g/mol. The second-order valence-electron chi connectivity index (χ2n) is 5.70. The van der Waals surface area contributed by atoms with Crippen molar-refractivity contribution in [3.05, 3.63) is 48.0 Å². The molecule has 0 saturated carbocycles. The Labute approximate surface area is 131 Å². The molecule has 1 atom stereocenters. The summed E-state index contributed by atoms with van der Waals surface area (Å²) in [6.07, 6.45) is 4.12. The van der Waals surface area contributed by atoms with Gasteiger partial charge in [0.05, 0.1) is 11.3 Å². The van der Waals surface area contributed by atoms with Crippen LogP contribution in [0.5, 0.6) is 0 Å². The van der Waals surface area contributed by atoms with E-state index in [4.69, 9.17) is 4.74 Å². The Hall–Kier alpha value is -1.98. The first-order valence-electron chi connectivity index (χ1n) is 7.40. The summed E-state index contributed by atoms with van der Waals surface area (Å²) in [7, 11) is 0. The first kappa shape index (κ1) is 16.4. The van der Waals surface area contributed by atoms with Crippen LogP contribution < -0.4 is 0 Å². The molecule has 118 valence electrons. The number of rotatable bonds is 6. The number of aromatic nitrogens is 3. The van der Waals surface area contributed by atoms with Gasteiger partial charge in [0, 0.05) is 6.61 Å². The number of hydrogen-bond donors (Lipinski definition) is 1. The molecule has 2 aromatic rings. The number of aliphatic hydroxyl groups is 1. The van der Waals surface area contributed by atoms with Crippen LogP contribution >= 0.6 is 0 Å². The van der Waals surface area contributed by atoms with Gasteiger partial charge in [0.25, 0.3) is 0 Å². The van der Waals surface area contributed by atoms with Gasteiger partial charge in [0.1, 0.15) is 18.8 Å². The van der Waals surface area contributed by atoms with Gasteiger partial charge in [-0.05, 0) is 44.9 Å². The molecule has 0 bridgehead atoms. The zero-order chi connectivity index (χ0) is 16.2. The summed E-state index contributed by atoms with van der Waals surface area (Å²) < 4.78 is 7.27. The van der Waals surface area contributed by atoms with E-state index in [2.05, 4.69) is 10.1 Å². The van der Waals surface area contributed by atoms with E-state index in [0.29, 0.717) is 12.3 Å². The zero-order valence-electron chi connectivity index (χ0n) is 13.5. The lowest BCUT2D eigenvalue weighted by Gasteiger charge is -2.31. The molecule has 0 aliphatic heterocycles. The summed E-state index contributed by atoms with van der Waals surface area (Å²) in [6.45, 7) is 8.20. The van der Waals surface area contributed by atoms with Gasteiger partial charge in [-0.15, -0.1) is 0 Å². The van der Waals surface area contributed by atoms with Crippen LogP contribution in [0.4, 0.5) is 0 Å². The fraction of sp³-hybridized carbons (Fsp3) is 0.412. The fourth-order valence-corrected chi connectivity index (χ4v) is 2.33. The largest absolute Gasteiger partial charge is 0.384 e. The summed E-state index contributed by atoms with van der Waals surface area (Å²) in [5, 5.41) is 15.0. The Kier molecular flexibility index (Phi) is 5.11. The van der Waals surface area contributed by atoms with Crippen molar-refractivity contribution < 1.29 is 9.84 Å². The van der Waals surface area contributed by atoms with Gasteiger partial charge in [0.2, 0.25) is 0 Å². The minimum absolute atomic E-state index is 0.527. The number of benzene rings is 1. The maximum absolute atomic E-state index is 10.8. The van der Waals surface area contributed by atoms with E-state index in [9.17, 15) is 5.11 Å². The van der Waals surface area contributed by atoms with Gasteiger partial charge in [-0.3, -0.25) is 0 Å². The van der Waals surface area contributed by atoms with Gasteiger partial charge < -0.3 is 9.84 Å². The predicted molar refractivity (Wildman–Crippen MR) is 87.1 cm³/mol. The fourth-order valence-electron chi connectivity index (χ4n) is 2.33. The number of aryl methyl sites for hydroxylation is 1. The third kappa shape index (κ3) is 3.61. The van der Waals surface area contributed by atoms with Crippen molar-refractivity contribution in [1.29, 1.82) is 0 Å². The van der Waals surface area contributed by atoms with E-state index in [1.807, 2.05) is 58.0 Å². The monoisotopic (exact) mass is 301 g/mol. The Morgan fingerprint density at radius 3 is 2.73 bits per heavy atom. The molecule has 1 N–H and O–H groups in total. The van der Waals surface area contributed by atoms with Crippen molar-refractivity contribution in [3.8, 4) is 0 Å². The van der Waals surface area contributed by atoms with Crippen molar-refractivity contribution in [2.75, 3.05) is 6.61 Å². The van der Waals surface area contributed by atoms with Crippen LogP contribution in [0, 0.1) is 6.92 Å².